The van der Waals surface area contributed by atoms with E-state index in [-0.39, 0.29) is 12.1 Å². The van der Waals surface area contributed by atoms with Gasteiger partial charge in [-0.15, -0.1) is 0 Å². The monoisotopic (exact) mass is 336 g/mol. The Morgan fingerprint density at radius 3 is 3.00 bits per heavy atom. The molecule has 0 bridgehead atoms. The highest BCUT2D eigenvalue weighted by atomic mass is 16.2. The predicted molar refractivity (Wildman–Crippen MR) is 95.2 cm³/mol. The minimum atomic E-state index is 0.100. The number of aromatic nitrogens is 2. The lowest BCUT2D eigenvalue weighted by molar-refractivity contribution is 0.192. The Kier molecular flexibility index (Phi) is 3.37. The van der Waals surface area contributed by atoms with Gasteiger partial charge in [0.15, 0.2) is 0 Å². The van der Waals surface area contributed by atoms with Crippen molar-refractivity contribution in [3.63, 3.8) is 0 Å². The summed E-state index contributed by atoms with van der Waals surface area (Å²) in [6.07, 6.45) is 8.35. The molecule has 1 saturated carbocycles. The molecule has 2 heterocycles. The molecular formula is C20H24N4O. The number of carbonyl (C=O) groups excluding carboxylic acids is 1. The van der Waals surface area contributed by atoms with E-state index in [1.807, 2.05) is 29.0 Å². The predicted octanol–water partition coefficient (Wildman–Crippen LogP) is 3.00. The number of benzene rings is 1. The first kappa shape index (κ1) is 15.0. The summed E-state index contributed by atoms with van der Waals surface area (Å²) in [5.74, 6) is 1.15. The minimum Gasteiger partial charge on any atom is -0.334 e. The van der Waals surface area contributed by atoms with Crippen molar-refractivity contribution in [2.75, 3.05) is 6.54 Å². The summed E-state index contributed by atoms with van der Waals surface area (Å²) in [6.45, 7) is 0.837. The molecule has 0 radical (unpaired) electrons. The van der Waals surface area contributed by atoms with E-state index in [1.165, 1.54) is 17.5 Å². The van der Waals surface area contributed by atoms with E-state index >= 15 is 0 Å². The van der Waals surface area contributed by atoms with E-state index in [0.717, 1.165) is 31.4 Å². The van der Waals surface area contributed by atoms with Crippen LogP contribution < -0.4 is 5.32 Å². The third kappa shape index (κ3) is 2.44. The number of aryl methyl sites for hydroxylation is 2. The van der Waals surface area contributed by atoms with Crippen LogP contribution in [0.1, 0.15) is 47.9 Å². The first-order chi connectivity index (χ1) is 12.2. The Balaban J connectivity index is 1.30. The summed E-state index contributed by atoms with van der Waals surface area (Å²) in [6, 6.07) is 9.31. The number of nitrogens with zero attached hydrogens (tertiary/aromatic N) is 3. The summed E-state index contributed by atoms with van der Waals surface area (Å²) >= 11 is 0. The van der Waals surface area contributed by atoms with Gasteiger partial charge >= 0.3 is 6.03 Å². The van der Waals surface area contributed by atoms with E-state index in [9.17, 15) is 4.79 Å². The van der Waals surface area contributed by atoms with Gasteiger partial charge in [-0.1, -0.05) is 24.3 Å². The SMILES string of the molecule is Cn1cc(C2CCCN2C(=O)NC2C3CCc4ccccc4C32)cn1. The van der Waals surface area contributed by atoms with Crippen LogP contribution in [0.15, 0.2) is 36.7 Å². The smallest absolute Gasteiger partial charge is 0.318 e. The highest BCUT2D eigenvalue weighted by Crippen LogP contribution is 2.54. The van der Waals surface area contributed by atoms with Crippen molar-refractivity contribution < 1.29 is 4.79 Å². The average Bonchev–Trinajstić information content (AvgIpc) is 2.98. The molecule has 2 aromatic rings. The van der Waals surface area contributed by atoms with Crippen molar-refractivity contribution >= 4 is 6.03 Å². The Labute approximate surface area is 148 Å². The second-order valence-electron chi connectivity index (χ2n) is 7.70. The molecule has 1 saturated heterocycles. The highest BCUT2D eigenvalue weighted by Gasteiger charge is 2.54. The first-order valence-corrected chi connectivity index (χ1v) is 9.36. The lowest BCUT2D eigenvalue weighted by Gasteiger charge is -2.24. The Morgan fingerprint density at radius 1 is 1.28 bits per heavy atom. The van der Waals surface area contributed by atoms with E-state index in [2.05, 4.69) is 34.7 Å². The van der Waals surface area contributed by atoms with Crippen molar-refractivity contribution in [3.05, 3.63) is 53.3 Å². The van der Waals surface area contributed by atoms with Gasteiger partial charge in [-0.2, -0.15) is 5.10 Å². The highest BCUT2D eigenvalue weighted by molar-refractivity contribution is 5.76. The van der Waals surface area contributed by atoms with Crippen LogP contribution in [0.25, 0.3) is 0 Å². The zero-order valence-corrected chi connectivity index (χ0v) is 14.6. The molecule has 5 heteroatoms. The molecule has 130 valence electrons. The van der Waals surface area contributed by atoms with Gasteiger partial charge in [0.1, 0.15) is 0 Å². The molecule has 1 aromatic heterocycles. The number of likely N-dealkylation sites (tertiary alicyclic amines) is 1. The lowest BCUT2D eigenvalue weighted by Crippen LogP contribution is -2.41. The second kappa shape index (κ2) is 5.61. The Bertz CT molecular complexity index is 814. The quantitative estimate of drug-likeness (QED) is 0.916. The van der Waals surface area contributed by atoms with Crippen LogP contribution >= 0.6 is 0 Å². The van der Waals surface area contributed by atoms with Gasteiger partial charge < -0.3 is 10.2 Å². The number of amides is 2. The molecule has 3 aliphatic rings. The van der Waals surface area contributed by atoms with Crippen molar-refractivity contribution in [2.24, 2.45) is 13.0 Å². The number of carbonyl (C=O) groups is 1. The maximum absolute atomic E-state index is 12.9. The third-order valence-corrected chi connectivity index (χ3v) is 6.24. The van der Waals surface area contributed by atoms with Crippen LogP contribution in [0.3, 0.4) is 0 Å². The van der Waals surface area contributed by atoms with Gasteiger partial charge in [0.25, 0.3) is 0 Å². The van der Waals surface area contributed by atoms with Gasteiger partial charge in [0, 0.05) is 37.3 Å². The van der Waals surface area contributed by atoms with E-state index < -0.39 is 0 Å². The minimum absolute atomic E-state index is 0.100. The molecule has 2 fully saturated rings. The molecule has 1 aliphatic heterocycles. The number of urea groups is 1. The van der Waals surface area contributed by atoms with Gasteiger partial charge in [-0.3, -0.25) is 4.68 Å². The van der Waals surface area contributed by atoms with Crippen LogP contribution in [0.5, 0.6) is 0 Å². The fraction of sp³-hybridized carbons (Fsp3) is 0.500. The molecule has 2 amide bonds. The first-order valence-electron chi connectivity index (χ1n) is 9.36. The standard InChI is InChI=1S/C20H24N4O/c1-23-12-14(11-21-23)17-7-4-10-24(17)20(25)22-19-16-9-8-13-5-2-3-6-15(13)18(16)19/h2-3,5-6,11-12,16-19H,4,7-10H2,1H3,(H,22,25). The van der Waals surface area contributed by atoms with Crippen molar-refractivity contribution in [2.45, 2.75) is 43.7 Å². The average molecular weight is 336 g/mol. The third-order valence-electron chi connectivity index (χ3n) is 6.24. The number of hydrogen-bond donors (Lipinski definition) is 1. The second-order valence-corrected chi connectivity index (χ2v) is 7.70. The fourth-order valence-electron chi connectivity index (χ4n) is 4.96. The van der Waals surface area contributed by atoms with Crippen molar-refractivity contribution in [3.8, 4) is 0 Å². The zero-order chi connectivity index (χ0) is 17.0. The number of hydrogen-bond acceptors (Lipinski definition) is 2. The molecule has 2 aliphatic carbocycles. The number of nitrogens with one attached hydrogen (secondary N) is 1. The van der Waals surface area contributed by atoms with E-state index in [1.54, 1.807) is 0 Å². The maximum Gasteiger partial charge on any atom is 0.318 e. The van der Waals surface area contributed by atoms with Crippen LogP contribution in [0, 0.1) is 5.92 Å². The maximum atomic E-state index is 12.9. The normalized spacial score (nSPS) is 29.9. The fourth-order valence-corrected chi connectivity index (χ4v) is 4.96. The molecule has 5 rings (SSSR count). The molecule has 4 unspecified atom stereocenters. The topological polar surface area (TPSA) is 50.2 Å². The molecule has 4 atom stereocenters. The van der Waals surface area contributed by atoms with E-state index in [0.29, 0.717) is 17.9 Å². The summed E-state index contributed by atoms with van der Waals surface area (Å²) in [5.41, 5.74) is 4.07. The summed E-state index contributed by atoms with van der Waals surface area (Å²) in [7, 11) is 1.93. The van der Waals surface area contributed by atoms with Crippen LogP contribution in [-0.4, -0.2) is 33.3 Å². The molecule has 25 heavy (non-hydrogen) atoms. The number of rotatable bonds is 2. The lowest BCUT2D eigenvalue weighted by atomic mass is 9.92. The van der Waals surface area contributed by atoms with Crippen molar-refractivity contribution in [1.29, 1.82) is 0 Å². The van der Waals surface area contributed by atoms with Gasteiger partial charge in [-0.25, -0.2) is 4.79 Å². The summed E-state index contributed by atoms with van der Waals surface area (Å²) in [4.78, 5) is 14.9. The largest absolute Gasteiger partial charge is 0.334 e. The molecule has 5 nitrogen and oxygen atoms in total. The molecular weight excluding hydrogens is 312 g/mol. The van der Waals surface area contributed by atoms with Gasteiger partial charge in [0.2, 0.25) is 0 Å². The molecule has 1 N–H and O–H groups in total. The molecule has 0 spiro atoms. The summed E-state index contributed by atoms with van der Waals surface area (Å²) in [5, 5.41) is 7.62. The van der Waals surface area contributed by atoms with Crippen LogP contribution in [0.2, 0.25) is 0 Å². The number of fused-ring (bicyclic) bond motifs is 3. The Morgan fingerprint density at radius 2 is 2.16 bits per heavy atom. The van der Waals surface area contributed by atoms with E-state index in [4.69, 9.17) is 0 Å². The van der Waals surface area contributed by atoms with Crippen LogP contribution in [-0.2, 0) is 13.5 Å². The zero-order valence-electron chi connectivity index (χ0n) is 14.6. The Hall–Kier alpha value is -2.30. The summed E-state index contributed by atoms with van der Waals surface area (Å²) < 4.78 is 1.82. The van der Waals surface area contributed by atoms with Crippen LogP contribution in [0.4, 0.5) is 4.79 Å². The van der Waals surface area contributed by atoms with Gasteiger partial charge in [0.05, 0.1) is 12.2 Å². The van der Waals surface area contributed by atoms with Crippen molar-refractivity contribution in [1.82, 2.24) is 20.0 Å². The molecule has 1 aromatic carbocycles. The van der Waals surface area contributed by atoms with Gasteiger partial charge in [-0.05, 0) is 42.7 Å².